The van der Waals surface area contributed by atoms with E-state index >= 15 is 0 Å². The van der Waals surface area contributed by atoms with E-state index in [0.29, 0.717) is 31.4 Å². The fourth-order valence-electron chi connectivity index (χ4n) is 3.33. The van der Waals surface area contributed by atoms with Crippen molar-refractivity contribution in [2.24, 2.45) is 10.9 Å². The molecule has 0 bridgehead atoms. The molecular formula is C21H35IN4O2. The summed E-state index contributed by atoms with van der Waals surface area (Å²) in [5, 5.41) is 6.09. The van der Waals surface area contributed by atoms with Crippen LogP contribution < -0.4 is 15.4 Å². The Balaban J connectivity index is 0.00000392. The first-order valence-electron chi connectivity index (χ1n) is 9.92. The molecule has 2 rings (SSSR count). The van der Waals surface area contributed by atoms with E-state index in [1.165, 1.54) is 5.56 Å². The highest BCUT2D eigenvalue weighted by Crippen LogP contribution is 2.20. The second-order valence-corrected chi connectivity index (χ2v) is 7.35. The molecule has 2 N–H and O–H groups in total. The van der Waals surface area contributed by atoms with E-state index in [4.69, 9.17) is 4.74 Å². The highest BCUT2D eigenvalue weighted by Gasteiger charge is 2.22. The van der Waals surface area contributed by atoms with Crippen molar-refractivity contribution in [1.29, 1.82) is 0 Å². The van der Waals surface area contributed by atoms with Crippen LogP contribution in [0.5, 0.6) is 5.75 Å². The van der Waals surface area contributed by atoms with Crippen LogP contribution in [0.15, 0.2) is 29.3 Å². The number of hydrogen-bond acceptors (Lipinski definition) is 3. The van der Waals surface area contributed by atoms with Crippen LogP contribution in [-0.2, 0) is 4.79 Å². The molecule has 1 aromatic carbocycles. The lowest BCUT2D eigenvalue weighted by Gasteiger charge is -2.34. The van der Waals surface area contributed by atoms with Crippen LogP contribution in [0.4, 0.5) is 0 Å². The van der Waals surface area contributed by atoms with Gasteiger partial charge in [-0.15, -0.1) is 24.0 Å². The van der Waals surface area contributed by atoms with E-state index in [2.05, 4.69) is 46.5 Å². The summed E-state index contributed by atoms with van der Waals surface area (Å²) in [4.78, 5) is 18.2. The number of benzene rings is 1. The Morgan fingerprint density at radius 1 is 1.25 bits per heavy atom. The highest BCUT2D eigenvalue weighted by atomic mass is 127. The molecule has 28 heavy (non-hydrogen) atoms. The molecule has 0 radical (unpaired) electrons. The number of halogens is 1. The molecule has 0 aromatic heterocycles. The van der Waals surface area contributed by atoms with Crippen molar-refractivity contribution >= 4 is 35.8 Å². The number of rotatable bonds is 7. The zero-order valence-electron chi connectivity index (χ0n) is 17.5. The summed E-state index contributed by atoms with van der Waals surface area (Å²) in [6, 6.07) is 8.30. The Bertz CT molecular complexity index is 611. The number of carbonyl (C=O) groups is 1. The first kappa shape index (κ1) is 24.5. The number of likely N-dealkylation sites (tertiary alicyclic amines) is 1. The number of aliphatic imine (C=N–C) groups is 1. The minimum atomic E-state index is 0. The molecule has 6 nitrogen and oxygen atoms in total. The topological polar surface area (TPSA) is 66.0 Å². The zero-order chi connectivity index (χ0) is 19.6. The van der Waals surface area contributed by atoms with Gasteiger partial charge in [-0.25, -0.2) is 0 Å². The SMILES string of the molecule is CN=C(NCCOc1ccc(C(C)C)cc1)N1CCC(CC(=O)NC)CC1.I. The Kier molecular flexibility index (Phi) is 11.3. The Hall–Kier alpha value is -1.51. The van der Waals surface area contributed by atoms with Crippen LogP contribution in [-0.4, -0.2) is 57.1 Å². The maximum atomic E-state index is 11.5. The van der Waals surface area contributed by atoms with E-state index in [1.54, 1.807) is 7.05 Å². The van der Waals surface area contributed by atoms with Gasteiger partial charge in [-0.1, -0.05) is 26.0 Å². The van der Waals surface area contributed by atoms with Crippen molar-refractivity contribution in [3.05, 3.63) is 29.8 Å². The van der Waals surface area contributed by atoms with Gasteiger partial charge >= 0.3 is 0 Å². The van der Waals surface area contributed by atoms with Gasteiger partial charge in [0.2, 0.25) is 5.91 Å². The normalized spacial score (nSPS) is 15.2. The highest BCUT2D eigenvalue weighted by molar-refractivity contribution is 14.0. The van der Waals surface area contributed by atoms with E-state index in [-0.39, 0.29) is 29.9 Å². The predicted molar refractivity (Wildman–Crippen MR) is 126 cm³/mol. The number of guanidine groups is 1. The van der Waals surface area contributed by atoms with Crippen LogP contribution in [0.3, 0.4) is 0 Å². The maximum absolute atomic E-state index is 11.5. The second-order valence-electron chi connectivity index (χ2n) is 7.35. The van der Waals surface area contributed by atoms with Crippen molar-refractivity contribution in [2.75, 3.05) is 40.3 Å². The zero-order valence-corrected chi connectivity index (χ0v) is 19.9. The Morgan fingerprint density at radius 3 is 2.43 bits per heavy atom. The van der Waals surface area contributed by atoms with Gasteiger partial charge in [-0.2, -0.15) is 0 Å². The van der Waals surface area contributed by atoms with Gasteiger partial charge < -0.3 is 20.3 Å². The van der Waals surface area contributed by atoms with Crippen molar-refractivity contribution < 1.29 is 9.53 Å². The third-order valence-electron chi connectivity index (χ3n) is 5.08. The maximum Gasteiger partial charge on any atom is 0.220 e. The van der Waals surface area contributed by atoms with Crippen molar-refractivity contribution in [3.8, 4) is 5.75 Å². The lowest BCUT2D eigenvalue weighted by atomic mass is 9.93. The minimum Gasteiger partial charge on any atom is -0.492 e. The average Bonchev–Trinajstić information content (AvgIpc) is 2.69. The molecule has 1 aromatic rings. The molecule has 1 heterocycles. The summed E-state index contributed by atoms with van der Waals surface area (Å²) in [6.07, 6.45) is 2.67. The first-order valence-corrected chi connectivity index (χ1v) is 9.92. The van der Waals surface area contributed by atoms with Gasteiger partial charge in [-0.3, -0.25) is 9.79 Å². The molecule has 1 fully saturated rings. The molecule has 1 amide bonds. The van der Waals surface area contributed by atoms with Crippen LogP contribution in [0, 0.1) is 5.92 Å². The Labute approximate surface area is 186 Å². The summed E-state index contributed by atoms with van der Waals surface area (Å²) in [6.45, 7) is 7.53. The fourth-order valence-corrected chi connectivity index (χ4v) is 3.33. The number of nitrogens with one attached hydrogen (secondary N) is 2. The summed E-state index contributed by atoms with van der Waals surface area (Å²) in [7, 11) is 3.51. The number of ether oxygens (including phenoxy) is 1. The molecule has 0 aliphatic carbocycles. The predicted octanol–water partition coefficient (Wildman–Crippen LogP) is 3.23. The van der Waals surface area contributed by atoms with Crippen LogP contribution in [0.25, 0.3) is 0 Å². The Morgan fingerprint density at radius 2 is 1.89 bits per heavy atom. The summed E-state index contributed by atoms with van der Waals surface area (Å²) >= 11 is 0. The minimum absolute atomic E-state index is 0. The van der Waals surface area contributed by atoms with E-state index in [9.17, 15) is 4.79 Å². The van der Waals surface area contributed by atoms with Gasteiger partial charge in [0, 0.05) is 33.6 Å². The van der Waals surface area contributed by atoms with Crippen molar-refractivity contribution in [3.63, 3.8) is 0 Å². The number of nitrogens with zero attached hydrogens (tertiary/aromatic N) is 2. The van der Waals surface area contributed by atoms with Crippen molar-refractivity contribution in [2.45, 2.75) is 39.0 Å². The van der Waals surface area contributed by atoms with Gasteiger partial charge in [-0.05, 0) is 42.4 Å². The largest absolute Gasteiger partial charge is 0.492 e. The number of carbonyl (C=O) groups excluding carboxylic acids is 1. The van der Waals surface area contributed by atoms with E-state index in [0.717, 1.165) is 37.6 Å². The molecule has 0 unspecified atom stereocenters. The standard InChI is InChI=1S/C21H34N4O2.HI/c1-16(2)18-5-7-19(8-6-18)27-14-11-24-21(23-4)25-12-9-17(10-13-25)15-20(26)22-3;/h5-8,16-17H,9-15H2,1-4H3,(H,22,26)(H,23,24);1H. The van der Waals surface area contributed by atoms with Gasteiger partial charge in [0.1, 0.15) is 12.4 Å². The molecule has 7 heteroatoms. The molecule has 158 valence electrons. The smallest absolute Gasteiger partial charge is 0.220 e. The number of piperidine rings is 1. The fraction of sp³-hybridized carbons (Fsp3) is 0.619. The quantitative estimate of drug-likeness (QED) is 0.260. The molecule has 0 saturated carbocycles. The monoisotopic (exact) mass is 502 g/mol. The molecule has 1 aliphatic rings. The van der Waals surface area contributed by atoms with Gasteiger partial charge in [0.25, 0.3) is 0 Å². The van der Waals surface area contributed by atoms with E-state index < -0.39 is 0 Å². The van der Waals surface area contributed by atoms with Crippen molar-refractivity contribution in [1.82, 2.24) is 15.5 Å². The summed E-state index contributed by atoms with van der Waals surface area (Å²) in [5.41, 5.74) is 1.32. The average molecular weight is 502 g/mol. The number of hydrogen-bond donors (Lipinski definition) is 2. The second kappa shape index (κ2) is 12.9. The molecule has 0 spiro atoms. The first-order chi connectivity index (χ1) is 13.0. The summed E-state index contributed by atoms with van der Waals surface area (Å²) < 4.78 is 5.82. The summed E-state index contributed by atoms with van der Waals surface area (Å²) in [5.74, 6) is 2.94. The lowest BCUT2D eigenvalue weighted by Crippen LogP contribution is -2.46. The van der Waals surface area contributed by atoms with Gasteiger partial charge in [0.05, 0.1) is 6.54 Å². The van der Waals surface area contributed by atoms with Gasteiger partial charge in [0.15, 0.2) is 5.96 Å². The number of amides is 1. The third-order valence-corrected chi connectivity index (χ3v) is 5.08. The van der Waals surface area contributed by atoms with E-state index in [1.807, 2.05) is 19.2 Å². The van der Waals surface area contributed by atoms with Crippen LogP contribution >= 0.6 is 24.0 Å². The van der Waals surface area contributed by atoms with Crippen LogP contribution in [0.2, 0.25) is 0 Å². The third kappa shape index (κ3) is 7.85. The molecular weight excluding hydrogens is 467 g/mol. The lowest BCUT2D eigenvalue weighted by molar-refractivity contribution is -0.121. The molecule has 1 saturated heterocycles. The molecule has 0 atom stereocenters. The van der Waals surface area contributed by atoms with Crippen LogP contribution in [0.1, 0.15) is 44.6 Å². The molecule has 1 aliphatic heterocycles.